The van der Waals surface area contributed by atoms with Crippen LogP contribution in [0.3, 0.4) is 0 Å². The van der Waals surface area contributed by atoms with E-state index in [1.54, 1.807) is 0 Å². The molecule has 0 aromatic heterocycles. The second-order valence-electron chi connectivity index (χ2n) is 3.53. The normalized spacial score (nSPS) is 10.1. The summed E-state index contributed by atoms with van der Waals surface area (Å²) in [5.74, 6) is -0.839. The summed E-state index contributed by atoms with van der Waals surface area (Å²) < 4.78 is 33.7. The Morgan fingerprint density at radius 1 is 1.53 bits per heavy atom. The standard InChI is InChI=1S/C12H12F2N2O3/c1-18-10(17)4-7-2-3-8(5-15)9(6-16)11(7)19-12(13)14/h2-3,12H,4,6,16H2,1H3. The first kappa shape index (κ1) is 14.9. The van der Waals surface area contributed by atoms with Crippen molar-refractivity contribution in [2.45, 2.75) is 19.6 Å². The quantitative estimate of drug-likeness (QED) is 0.816. The van der Waals surface area contributed by atoms with Crippen LogP contribution in [0.4, 0.5) is 8.78 Å². The van der Waals surface area contributed by atoms with Crippen molar-refractivity contribution >= 4 is 5.97 Å². The lowest BCUT2D eigenvalue weighted by atomic mass is 10.0. The van der Waals surface area contributed by atoms with E-state index < -0.39 is 12.6 Å². The number of alkyl halides is 2. The number of hydrogen-bond donors (Lipinski definition) is 1. The number of benzene rings is 1. The second kappa shape index (κ2) is 6.66. The average molecular weight is 270 g/mol. The van der Waals surface area contributed by atoms with Crippen molar-refractivity contribution in [2.75, 3.05) is 7.11 Å². The molecule has 2 N–H and O–H groups in total. The minimum atomic E-state index is -3.07. The van der Waals surface area contributed by atoms with Crippen LogP contribution >= 0.6 is 0 Å². The van der Waals surface area contributed by atoms with Crippen molar-refractivity contribution in [3.05, 3.63) is 28.8 Å². The molecule has 0 aliphatic rings. The summed E-state index contributed by atoms with van der Waals surface area (Å²) in [7, 11) is 1.18. The van der Waals surface area contributed by atoms with Gasteiger partial charge in [0.2, 0.25) is 0 Å². The summed E-state index contributed by atoms with van der Waals surface area (Å²) in [6.45, 7) is -3.23. The third-order valence-electron chi connectivity index (χ3n) is 2.44. The van der Waals surface area contributed by atoms with Gasteiger partial charge in [-0.2, -0.15) is 14.0 Å². The maximum absolute atomic E-state index is 12.4. The lowest BCUT2D eigenvalue weighted by Gasteiger charge is -2.15. The molecule has 102 valence electrons. The van der Waals surface area contributed by atoms with Crippen LogP contribution in [-0.2, 0) is 22.5 Å². The number of ether oxygens (including phenoxy) is 2. The monoisotopic (exact) mass is 270 g/mol. The molecule has 19 heavy (non-hydrogen) atoms. The van der Waals surface area contributed by atoms with Gasteiger partial charge >= 0.3 is 12.6 Å². The zero-order chi connectivity index (χ0) is 14.4. The molecule has 0 aliphatic heterocycles. The van der Waals surface area contributed by atoms with Crippen LogP contribution in [0.5, 0.6) is 5.75 Å². The second-order valence-corrected chi connectivity index (χ2v) is 3.53. The largest absolute Gasteiger partial charge is 0.469 e. The lowest BCUT2D eigenvalue weighted by Crippen LogP contribution is -2.13. The van der Waals surface area contributed by atoms with Crippen molar-refractivity contribution in [3.63, 3.8) is 0 Å². The summed E-state index contributed by atoms with van der Waals surface area (Å²) in [4.78, 5) is 11.2. The minimum absolute atomic E-state index is 0.131. The third kappa shape index (κ3) is 3.63. The van der Waals surface area contributed by atoms with Gasteiger partial charge in [0.25, 0.3) is 0 Å². The van der Waals surface area contributed by atoms with Crippen molar-refractivity contribution in [2.24, 2.45) is 5.73 Å². The molecule has 0 unspecified atom stereocenters. The van der Waals surface area contributed by atoms with Gasteiger partial charge < -0.3 is 15.2 Å². The number of carbonyl (C=O) groups excluding carboxylic acids is 1. The Morgan fingerprint density at radius 3 is 2.68 bits per heavy atom. The summed E-state index contributed by atoms with van der Waals surface area (Å²) in [6.07, 6.45) is -0.239. The maximum Gasteiger partial charge on any atom is 0.387 e. The maximum atomic E-state index is 12.4. The SMILES string of the molecule is COC(=O)Cc1ccc(C#N)c(CN)c1OC(F)F. The number of nitrogens with zero attached hydrogens (tertiary/aromatic N) is 1. The van der Waals surface area contributed by atoms with Crippen LogP contribution < -0.4 is 10.5 Å². The Hall–Kier alpha value is -2.20. The lowest BCUT2D eigenvalue weighted by molar-refractivity contribution is -0.139. The first-order valence-corrected chi connectivity index (χ1v) is 5.30. The molecule has 0 bridgehead atoms. The molecule has 0 atom stereocenters. The molecule has 1 aromatic rings. The van der Waals surface area contributed by atoms with E-state index in [0.29, 0.717) is 0 Å². The van der Waals surface area contributed by atoms with Crippen LogP contribution in [0, 0.1) is 11.3 Å². The van der Waals surface area contributed by atoms with Gasteiger partial charge in [-0.3, -0.25) is 4.79 Å². The number of rotatable bonds is 5. The van der Waals surface area contributed by atoms with E-state index in [2.05, 4.69) is 9.47 Å². The molecular formula is C12H12F2N2O3. The van der Waals surface area contributed by atoms with Gasteiger partial charge in [-0.15, -0.1) is 0 Å². The molecule has 1 aromatic carbocycles. The van der Waals surface area contributed by atoms with Gasteiger partial charge in [0.15, 0.2) is 0 Å². The highest BCUT2D eigenvalue weighted by atomic mass is 19.3. The summed E-state index contributed by atoms with van der Waals surface area (Å²) in [5.41, 5.74) is 5.92. The molecule has 0 fully saturated rings. The van der Waals surface area contributed by atoms with Crippen LogP contribution in [0.1, 0.15) is 16.7 Å². The van der Waals surface area contributed by atoms with E-state index in [0.717, 1.165) is 0 Å². The highest BCUT2D eigenvalue weighted by Crippen LogP contribution is 2.29. The molecule has 7 heteroatoms. The predicted octanol–water partition coefficient (Wildman–Crippen LogP) is 1.33. The molecule has 0 aliphatic carbocycles. The summed E-state index contributed by atoms with van der Waals surface area (Å²) in [5, 5.41) is 8.89. The molecule has 0 spiro atoms. The van der Waals surface area contributed by atoms with E-state index in [-0.39, 0.29) is 35.4 Å². The summed E-state index contributed by atoms with van der Waals surface area (Å²) in [6, 6.07) is 4.60. The van der Waals surface area contributed by atoms with Crippen LogP contribution in [0.2, 0.25) is 0 Å². The number of carbonyl (C=O) groups is 1. The molecule has 5 nitrogen and oxygen atoms in total. The van der Waals surface area contributed by atoms with Crippen LogP contribution in [0.15, 0.2) is 12.1 Å². The highest BCUT2D eigenvalue weighted by Gasteiger charge is 2.19. The third-order valence-corrected chi connectivity index (χ3v) is 2.44. The first-order chi connectivity index (χ1) is 9.03. The van der Waals surface area contributed by atoms with E-state index in [9.17, 15) is 13.6 Å². The predicted molar refractivity (Wildman–Crippen MR) is 61.4 cm³/mol. The molecule has 0 saturated carbocycles. The number of hydrogen-bond acceptors (Lipinski definition) is 5. The number of nitrogens with two attached hydrogens (primary N) is 1. The Balaban J connectivity index is 3.30. The highest BCUT2D eigenvalue weighted by molar-refractivity contribution is 5.74. The van der Waals surface area contributed by atoms with Gasteiger partial charge in [0, 0.05) is 17.7 Å². The fraction of sp³-hybridized carbons (Fsp3) is 0.333. The Labute approximate surface area is 108 Å². The van der Waals surface area contributed by atoms with Gasteiger partial charge in [-0.25, -0.2) is 0 Å². The van der Waals surface area contributed by atoms with Gasteiger partial charge in [-0.1, -0.05) is 6.07 Å². The zero-order valence-electron chi connectivity index (χ0n) is 10.2. The molecule has 0 saturated heterocycles. The number of nitriles is 1. The zero-order valence-corrected chi connectivity index (χ0v) is 10.2. The molecular weight excluding hydrogens is 258 g/mol. The van der Waals surface area contributed by atoms with Gasteiger partial charge in [-0.05, 0) is 6.07 Å². The van der Waals surface area contributed by atoms with E-state index in [1.807, 2.05) is 6.07 Å². The number of halogens is 2. The van der Waals surface area contributed by atoms with Gasteiger partial charge in [0.1, 0.15) is 5.75 Å². The van der Waals surface area contributed by atoms with E-state index >= 15 is 0 Å². The number of methoxy groups -OCH3 is 1. The molecule has 0 amide bonds. The van der Waals surface area contributed by atoms with Crippen molar-refractivity contribution in [1.29, 1.82) is 5.26 Å². The molecule has 1 rings (SSSR count). The van der Waals surface area contributed by atoms with Crippen molar-refractivity contribution in [3.8, 4) is 11.8 Å². The van der Waals surface area contributed by atoms with E-state index in [1.165, 1.54) is 19.2 Å². The van der Waals surface area contributed by atoms with Crippen LogP contribution in [-0.4, -0.2) is 19.7 Å². The smallest absolute Gasteiger partial charge is 0.387 e. The minimum Gasteiger partial charge on any atom is -0.469 e. The average Bonchev–Trinajstić information content (AvgIpc) is 2.39. The fourth-order valence-electron chi connectivity index (χ4n) is 1.59. The van der Waals surface area contributed by atoms with Crippen LogP contribution in [0.25, 0.3) is 0 Å². The molecule has 0 radical (unpaired) electrons. The first-order valence-electron chi connectivity index (χ1n) is 5.30. The Morgan fingerprint density at radius 2 is 2.21 bits per heavy atom. The van der Waals surface area contributed by atoms with Crippen molar-refractivity contribution in [1.82, 2.24) is 0 Å². The Kier molecular flexibility index (Phi) is 5.21. The van der Waals surface area contributed by atoms with Gasteiger partial charge in [0.05, 0.1) is 25.2 Å². The van der Waals surface area contributed by atoms with Crippen molar-refractivity contribution < 1.29 is 23.0 Å². The summed E-state index contributed by atoms with van der Waals surface area (Å²) >= 11 is 0. The molecule has 0 heterocycles. The fourth-order valence-corrected chi connectivity index (χ4v) is 1.59. The Bertz CT molecular complexity index is 512. The number of esters is 1. The van der Waals surface area contributed by atoms with E-state index in [4.69, 9.17) is 11.0 Å². The topological polar surface area (TPSA) is 85.3 Å².